The molecule has 248 valence electrons. The molecule has 0 bridgehead atoms. The number of benzene rings is 3. The van der Waals surface area contributed by atoms with Crippen molar-refractivity contribution in [3.63, 3.8) is 0 Å². The lowest BCUT2D eigenvalue weighted by Crippen LogP contribution is -2.31. The number of carbonyl (C=O) groups is 2. The number of ether oxygens (including phenoxy) is 2. The molecule has 3 aromatic carbocycles. The van der Waals surface area contributed by atoms with E-state index in [0.717, 1.165) is 39.6 Å². The largest absolute Gasteiger partial charge is 0.397 e. The summed E-state index contributed by atoms with van der Waals surface area (Å²) in [6.07, 6.45) is 6.65. The first kappa shape index (κ1) is 34.2. The standard InChI is InChI=1S/C36H43N5O5S/c1-41-20-19-38-36(41)47-24-29-21-32(27-15-13-26(23-42)14-16-27)46-35(45-29)28-17-11-25(12-18-28)22-39-33(43)9-3-2-4-10-34(44)40-31-8-6-5-7-30(31)37/h5-8,11-20,29,32,35,42H,2-4,9-10,21-24,37H2,1H3,(H,39,43)(H,40,44)/t29-,32+,35+/m0/s1. The van der Waals surface area contributed by atoms with Crippen LogP contribution in [0.4, 0.5) is 11.4 Å². The summed E-state index contributed by atoms with van der Waals surface area (Å²) in [6, 6.07) is 23.0. The van der Waals surface area contributed by atoms with Crippen LogP contribution in [0.2, 0.25) is 0 Å². The molecule has 3 atom stereocenters. The van der Waals surface area contributed by atoms with Crippen molar-refractivity contribution in [1.82, 2.24) is 14.9 Å². The Morgan fingerprint density at radius 3 is 2.34 bits per heavy atom. The second kappa shape index (κ2) is 17.1. The van der Waals surface area contributed by atoms with Gasteiger partial charge in [-0.25, -0.2) is 4.98 Å². The second-order valence-corrected chi connectivity index (χ2v) is 12.7. The number of carbonyl (C=O) groups excluding carboxylic acids is 2. The number of aliphatic hydroxyl groups excluding tert-OH is 1. The van der Waals surface area contributed by atoms with Crippen molar-refractivity contribution in [1.29, 1.82) is 0 Å². The highest BCUT2D eigenvalue weighted by atomic mass is 32.2. The van der Waals surface area contributed by atoms with Gasteiger partial charge in [0.25, 0.3) is 0 Å². The van der Waals surface area contributed by atoms with Gasteiger partial charge in [-0.3, -0.25) is 9.59 Å². The molecule has 0 aliphatic carbocycles. The highest BCUT2D eigenvalue weighted by Gasteiger charge is 2.32. The zero-order valence-corrected chi connectivity index (χ0v) is 27.5. The Kier molecular flexibility index (Phi) is 12.5. The van der Waals surface area contributed by atoms with E-state index in [1.165, 1.54) is 0 Å². The molecule has 5 N–H and O–H groups in total. The smallest absolute Gasteiger partial charge is 0.224 e. The van der Waals surface area contributed by atoms with Gasteiger partial charge in [-0.05, 0) is 41.7 Å². The minimum absolute atomic E-state index is 0.000516. The molecule has 10 nitrogen and oxygen atoms in total. The molecule has 47 heavy (non-hydrogen) atoms. The summed E-state index contributed by atoms with van der Waals surface area (Å²) in [6.45, 7) is 0.425. The summed E-state index contributed by atoms with van der Waals surface area (Å²) in [5, 5.41) is 16.2. The Bertz CT molecular complexity index is 1590. The Morgan fingerprint density at radius 2 is 1.64 bits per heavy atom. The topological polar surface area (TPSA) is 141 Å². The number of hydrogen-bond acceptors (Lipinski definition) is 8. The number of imidazole rings is 1. The third-order valence-electron chi connectivity index (χ3n) is 8.07. The van der Waals surface area contributed by atoms with Gasteiger partial charge < -0.3 is 35.5 Å². The van der Waals surface area contributed by atoms with E-state index in [1.54, 1.807) is 30.1 Å². The predicted molar refractivity (Wildman–Crippen MR) is 183 cm³/mol. The number of amides is 2. The summed E-state index contributed by atoms with van der Waals surface area (Å²) in [4.78, 5) is 29.1. The third-order valence-corrected chi connectivity index (χ3v) is 9.26. The van der Waals surface area contributed by atoms with Crippen molar-refractivity contribution in [2.24, 2.45) is 7.05 Å². The molecule has 5 rings (SSSR count). The number of thioether (sulfide) groups is 1. The Morgan fingerprint density at radius 1 is 0.936 bits per heavy atom. The molecular formula is C36H43N5O5S. The number of unbranched alkanes of at least 4 members (excludes halogenated alkanes) is 2. The quantitative estimate of drug-likeness (QED) is 0.0690. The van der Waals surface area contributed by atoms with Gasteiger partial charge in [0, 0.05) is 56.6 Å². The van der Waals surface area contributed by atoms with Crippen LogP contribution in [0.3, 0.4) is 0 Å². The predicted octanol–water partition coefficient (Wildman–Crippen LogP) is 6.04. The van der Waals surface area contributed by atoms with Crippen LogP contribution in [0.15, 0.2) is 90.3 Å². The number of aryl methyl sites for hydroxylation is 1. The van der Waals surface area contributed by atoms with Crippen LogP contribution in [0.25, 0.3) is 0 Å². The normalized spacial score (nSPS) is 17.7. The van der Waals surface area contributed by atoms with Gasteiger partial charge >= 0.3 is 0 Å². The summed E-state index contributed by atoms with van der Waals surface area (Å²) < 4.78 is 14.9. The molecule has 2 amide bonds. The van der Waals surface area contributed by atoms with Crippen LogP contribution in [0.1, 0.15) is 73.2 Å². The van der Waals surface area contributed by atoms with Crippen molar-refractivity contribution >= 4 is 35.0 Å². The summed E-state index contributed by atoms with van der Waals surface area (Å²) in [5.74, 6) is 0.638. The van der Waals surface area contributed by atoms with Crippen LogP contribution in [-0.2, 0) is 39.3 Å². The Labute approximate surface area is 280 Å². The van der Waals surface area contributed by atoms with Gasteiger partial charge in [0.05, 0.1) is 30.2 Å². The van der Waals surface area contributed by atoms with Gasteiger partial charge in [0.1, 0.15) is 0 Å². The number of aromatic nitrogens is 2. The monoisotopic (exact) mass is 657 g/mol. The highest BCUT2D eigenvalue weighted by molar-refractivity contribution is 7.99. The Balaban J connectivity index is 1.08. The van der Waals surface area contributed by atoms with Crippen LogP contribution in [-0.4, -0.2) is 38.3 Å². The number of anilines is 2. The summed E-state index contributed by atoms with van der Waals surface area (Å²) >= 11 is 1.66. The summed E-state index contributed by atoms with van der Waals surface area (Å²) in [5.41, 5.74) is 10.8. The van der Waals surface area contributed by atoms with Crippen LogP contribution in [0, 0.1) is 0 Å². The van der Waals surface area contributed by atoms with E-state index in [4.69, 9.17) is 15.2 Å². The molecule has 0 spiro atoms. The number of nitrogen functional groups attached to an aromatic ring is 1. The fourth-order valence-electron chi connectivity index (χ4n) is 5.33. The maximum Gasteiger partial charge on any atom is 0.224 e. The first-order chi connectivity index (χ1) is 22.9. The average molecular weight is 658 g/mol. The molecular weight excluding hydrogens is 614 g/mol. The maximum absolute atomic E-state index is 12.5. The van der Waals surface area contributed by atoms with Crippen molar-refractivity contribution < 1.29 is 24.2 Å². The van der Waals surface area contributed by atoms with Gasteiger partial charge in [0.15, 0.2) is 11.4 Å². The number of para-hydroxylation sites is 2. The molecule has 1 aliphatic heterocycles. The lowest BCUT2D eigenvalue weighted by molar-refractivity contribution is -0.245. The molecule has 1 aliphatic rings. The van der Waals surface area contributed by atoms with Crippen molar-refractivity contribution in [3.05, 3.63) is 107 Å². The van der Waals surface area contributed by atoms with E-state index >= 15 is 0 Å². The van der Waals surface area contributed by atoms with E-state index in [0.29, 0.717) is 50.0 Å². The molecule has 11 heteroatoms. The molecule has 4 aromatic rings. The minimum atomic E-state index is -0.547. The third kappa shape index (κ3) is 10.2. The van der Waals surface area contributed by atoms with Crippen LogP contribution >= 0.6 is 11.8 Å². The number of hydrogen-bond donors (Lipinski definition) is 4. The first-order valence-corrected chi connectivity index (χ1v) is 17.0. The fourth-order valence-corrected chi connectivity index (χ4v) is 6.28. The lowest BCUT2D eigenvalue weighted by atomic mass is 10.0. The zero-order valence-electron chi connectivity index (χ0n) is 26.6. The van der Waals surface area contributed by atoms with E-state index in [9.17, 15) is 14.7 Å². The van der Waals surface area contributed by atoms with E-state index in [1.807, 2.05) is 78.5 Å². The lowest BCUT2D eigenvalue weighted by Gasteiger charge is -2.36. The second-order valence-electron chi connectivity index (χ2n) is 11.7. The fraction of sp³-hybridized carbons (Fsp3) is 0.361. The van der Waals surface area contributed by atoms with Crippen molar-refractivity contribution in [2.75, 3.05) is 16.8 Å². The van der Waals surface area contributed by atoms with E-state index in [-0.39, 0.29) is 30.6 Å². The maximum atomic E-state index is 12.5. The molecule has 2 heterocycles. The van der Waals surface area contributed by atoms with Crippen LogP contribution < -0.4 is 16.4 Å². The molecule has 1 saturated heterocycles. The number of nitrogens with one attached hydrogen (secondary N) is 2. The number of aliphatic hydroxyl groups is 1. The molecule has 0 unspecified atom stereocenters. The minimum Gasteiger partial charge on any atom is -0.397 e. The van der Waals surface area contributed by atoms with Crippen molar-refractivity contribution in [3.8, 4) is 0 Å². The number of rotatable bonds is 15. The molecule has 0 saturated carbocycles. The zero-order chi connectivity index (χ0) is 33.0. The van der Waals surface area contributed by atoms with Gasteiger partial charge in [0.2, 0.25) is 11.8 Å². The molecule has 1 fully saturated rings. The van der Waals surface area contributed by atoms with Gasteiger partial charge in [-0.1, -0.05) is 78.8 Å². The Hall–Kier alpha value is -4.16. The molecule has 1 aromatic heterocycles. The first-order valence-electron chi connectivity index (χ1n) is 16.0. The highest BCUT2D eigenvalue weighted by Crippen LogP contribution is 2.39. The number of nitrogens with two attached hydrogens (primary N) is 1. The SMILES string of the molecule is Cn1ccnc1SC[C@@H]1C[C@H](c2ccc(CO)cc2)O[C@H](c2ccc(CNC(=O)CCCCCC(=O)Nc3ccccc3N)cc2)O1. The average Bonchev–Trinajstić information content (AvgIpc) is 3.51. The van der Waals surface area contributed by atoms with E-state index in [2.05, 4.69) is 15.6 Å². The van der Waals surface area contributed by atoms with Gasteiger partial charge in [-0.2, -0.15) is 0 Å². The number of nitrogens with zero attached hydrogens (tertiary/aromatic N) is 2. The van der Waals surface area contributed by atoms with E-state index < -0.39 is 6.29 Å². The molecule has 0 radical (unpaired) electrons. The van der Waals surface area contributed by atoms with Crippen molar-refractivity contribution in [2.45, 2.75) is 75.3 Å². The van der Waals surface area contributed by atoms with Crippen LogP contribution in [0.5, 0.6) is 0 Å². The summed E-state index contributed by atoms with van der Waals surface area (Å²) in [7, 11) is 1.98. The van der Waals surface area contributed by atoms with Gasteiger partial charge in [-0.15, -0.1) is 0 Å².